The maximum atomic E-state index is 12.5. The van der Waals surface area contributed by atoms with Crippen molar-refractivity contribution in [3.63, 3.8) is 0 Å². The third-order valence-electron chi connectivity index (χ3n) is 5.22. The lowest BCUT2D eigenvalue weighted by Crippen LogP contribution is -2.44. The Labute approximate surface area is 132 Å². The quantitative estimate of drug-likeness (QED) is 0.934. The zero-order valence-electron chi connectivity index (χ0n) is 14.0. The predicted octanol–water partition coefficient (Wildman–Crippen LogP) is 2.66. The Balaban J connectivity index is 1.60. The van der Waals surface area contributed by atoms with Gasteiger partial charge in [-0.2, -0.15) is 0 Å². The topological polar surface area (TPSA) is 59.8 Å². The first-order chi connectivity index (χ1) is 10.5. The molecule has 0 spiro atoms. The number of carbonyl (C=O) groups is 1. The van der Waals surface area contributed by atoms with Crippen molar-refractivity contribution in [3.8, 4) is 0 Å². The summed E-state index contributed by atoms with van der Waals surface area (Å²) in [5, 5.41) is 11.9. The SMILES string of the molecule is CC1CCC(C(=O)N[C@H]2CCc3nnc(C(C)C)n3C2)CC1. The molecule has 1 aromatic rings. The molecule has 0 unspecified atom stereocenters. The van der Waals surface area contributed by atoms with Gasteiger partial charge in [-0.25, -0.2) is 0 Å². The molecule has 2 heterocycles. The van der Waals surface area contributed by atoms with E-state index < -0.39 is 0 Å². The zero-order valence-corrected chi connectivity index (χ0v) is 14.0. The average Bonchev–Trinajstić information content (AvgIpc) is 2.91. The van der Waals surface area contributed by atoms with Gasteiger partial charge < -0.3 is 9.88 Å². The van der Waals surface area contributed by atoms with Crippen LogP contribution in [0, 0.1) is 11.8 Å². The van der Waals surface area contributed by atoms with Crippen molar-refractivity contribution in [2.24, 2.45) is 11.8 Å². The van der Waals surface area contributed by atoms with Gasteiger partial charge in [-0.1, -0.05) is 20.8 Å². The fraction of sp³-hybridized carbons (Fsp3) is 0.824. The minimum atomic E-state index is 0.225. The number of nitrogens with one attached hydrogen (secondary N) is 1. The molecule has 1 amide bonds. The predicted molar refractivity (Wildman–Crippen MR) is 85.5 cm³/mol. The maximum Gasteiger partial charge on any atom is 0.223 e. The number of hydrogen-bond acceptors (Lipinski definition) is 3. The summed E-state index contributed by atoms with van der Waals surface area (Å²) in [6, 6.07) is 0.229. The molecule has 5 heteroatoms. The summed E-state index contributed by atoms with van der Waals surface area (Å²) in [6.07, 6.45) is 6.37. The molecule has 0 saturated heterocycles. The first-order valence-corrected chi connectivity index (χ1v) is 8.77. The van der Waals surface area contributed by atoms with Crippen molar-refractivity contribution in [1.82, 2.24) is 20.1 Å². The average molecular weight is 304 g/mol. The van der Waals surface area contributed by atoms with Crippen LogP contribution in [0.15, 0.2) is 0 Å². The van der Waals surface area contributed by atoms with E-state index in [1.165, 1.54) is 12.8 Å². The van der Waals surface area contributed by atoms with Crippen molar-refractivity contribution < 1.29 is 4.79 Å². The van der Waals surface area contributed by atoms with E-state index in [4.69, 9.17) is 0 Å². The molecule has 0 aromatic carbocycles. The Morgan fingerprint density at radius 3 is 2.59 bits per heavy atom. The fourth-order valence-corrected chi connectivity index (χ4v) is 3.73. The number of rotatable bonds is 3. The molecule has 1 N–H and O–H groups in total. The molecular formula is C17H28N4O. The molecular weight excluding hydrogens is 276 g/mol. The van der Waals surface area contributed by atoms with E-state index in [0.717, 1.165) is 49.8 Å². The van der Waals surface area contributed by atoms with Gasteiger partial charge in [-0.15, -0.1) is 10.2 Å². The summed E-state index contributed by atoms with van der Waals surface area (Å²) in [7, 11) is 0. The highest BCUT2D eigenvalue weighted by Gasteiger charge is 2.29. The van der Waals surface area contributed by atoms with Crippen LogP contribution in [-0.4, -0.2) is 26.7 Å². The minimum Gasteiger partial charge on any atom is -0.351 e. The number of fused-ring (bicyclic) bond motifs is 1. The summed E-state index contributed by atoms with van der Waals surface area (Å²) in [6.45, 7) is 7.40. The number of amides is 1. The molecule has 22 heavy (non-hydrogen) atoms. The molecule has 1 aliphatic heterocycles. The molecule has 1 fully saturated rings. The van der Waals surface area contributed by atoms with Crippen LogP contribution < -0.4 is 5.32 Å². The van der Waals surface area contributed by atoms with E-state index >= 15 is 0 Å². The van der Waals surface area contributed by atoms with Gasteiger partial charge >= 0.3 is 0 Å². The van der Waals surface area contributed by atoms with Crippen LogP contribution in [0.5, 0.6) is 0 Å². The van der Waals surface area contributed by atoms with Crippen LogP contribution in [0.1, 0.15) is 70.4 Å². The highest BCUT2D eigenvalue weighted by Crippen LogP contribution is 2.29. The molecule has 122 valence electrons. The summed E-state index contributed by atoms with van der Waals surface area (Å²) in [5.74, 6) is 3.76. The lowest BCUT2D eigenvalue weighted by molar-refractivity contribution is -0.127. The Kier molecular flexibility index (Phi) is 4.50. The first kappa shape index (κ1) is 15.5. The van der Waals surface area contributed by atoms with Gasteiger partial charge in [0.1, 0.15) is 11.6 Å². The van der Waals surface area contributed by atoms with Crippen molar-refractivity contribution in [1.29, 1.82) is 0 Å². The molecule has 1 saturated carbocycles. The Morgan fingerprint density at radius 2 is 1.91 bits per heavy atom. The Hall–Kier alpha value is -1.39. The van der Waals surface area contributed by atoms with E-state index in [9.17, 15) is 4.79 Å². The highest BCUT2D eigenvalue weighted by molar-refractivity contribution is 5.79. The third kappa shape index (κ3) is 3.18. The largest absolute Gasteiger partial charge is 0.351 e. The lowest BCUT2D eigenvalue weighted by atomic mass is 9.82. The van der Waals surface area contributed by atoms with E-state index in [2.05, 4.69) is 40.9 Å². The smallest absolute Gasteiger partial charge is 0.223 e. The first-order valence-electron chi connectivity index (χ1n) is 8.77. The van der Waals surface area contributed by atoms with Gasteiger partial charge in [0.15, 0.2) is 0 Å². The molecule has 0 bridgehead atoms. The molecule has 5 nitrogen and oxygen atoms in total. The van der Waals surface area contributed by atoms with Crippen LogP contribution in [0.2, 0.25) is 0 Å². The van der Waals surface area contributed by atoms with Crippen LogP contribution >= 0.6 is 0 Å². The second-order valence-electron chi connectivity index (χ2n) is 7.44. The van der Waals surface area contributed by atoms with Crippen LogP contribution in [0.3, 0.4) is 0 Å². The highest BCUT2D eigenvalue weighted by atomic mass is 16.1. The van der Waals surface area contributed by atoms with Crippen LogP contribution in [0.4, 0.5) is 0 Å². The third-order valence-corrected chi connectivity index (χ3v) is 5.22. The molecule has 3 rings (SSSR count). The van der Waals surface area contributed by atoms with Crippen molar-refractivity contribution >= 4 is 5.91 Å². The number of aryl methyl sites for hydroxylation is 1. The number of carbonyl (C=O) groups excluding carboxylic acids is 1. The molecule has 2 aliphatic rings. The number of hydrogen-bond donors (Lipinski definition) is 1. The van der Waals surface area contributed by atoms with Crippen molar-refractivity contribution in [2.75, 3.05) is 0 Å². The lowest BCUT2D eigenvalue weighted by Gasteiger charge is -2.30. The summed E-state index contributed by atoms with van der Waals surface area (Å²) >= 11 is 0. The molecule has 1 aliphatic carbocycles. The van der Waals surface area contributed by atoms with E-state index in [1.807, 2.05) is 0 Å². The Bertz CT molecular complexity index is 529. The second-order valence-corrected chi connectivity index (χ2v) is 7.44. The molecule has 1 atom stereocenters. The van der Waals surface area contributed by atoms with Gasteiger partial charge in [0.2, 0.25) is 5.91 Å². The summed E-state index contributed by atoms with van der Waals surface area (Å²) in [4.78, 5) is 12.5. The van der Waals surface area contributed by atoms with Gasteiger partial charge in [0.05, 0.1) is 0 Å². The van der Waals surface area contributed by atoms with E-state index in [0.29, 0.717) is 5.92 Å². The van der Waals surface area contributed by atoms with Gasteiger partial charge in [-0.3, -0.25) is 4.79 Å². The minimum absolute atomic E-state index is 0.225. The monoisotopic (exact) mass is 304 g/mol. The Morgan fingerprint density at radius 1 is 1.18 bits per heavy atom. The fourth-order valence-electron chi connectivity index (χ4n) is 3.73. The van der Waals surface area contributed by atoms with Gasteiger partial charge in [-0.05, 0) is 38.0 Å². The van der Waals surface area contributed by atoms with Crippen LogP contribution in [0.25, 0.3) is 0 Å². The van der Waals surface area contributed by atoms with E-state index in [1.54, 1.807) is 0 Å². The van der Waals surface area contributed by atoms with Crippen molar-refractivity contribution in [3.05, 3.63) is 11.6 Å². The number of nitrogens with zero attached hydrogens (tertiary/aromatic N) is 3. The maximum absolute atomic E-state index is 12.5. The van der Waals surface area contributed by atoms with Crippen molar-refractivity contribution in [2.45, 2.75) is 77.8 Å². The number of aromatic nitrogens is 3. The molecule has 1 aromatic heterocycles. The van der Waals surface area contributed by atoms with Gasteiger partial charge in [0.25, 0.3) is 0 Å². The standard InChI is InChI=1S/C17H28N4O/c1-11(2)16-20-19-15-9-8-14(10-21(15)16)18-17(22)13-6-4-12(3)5-7-13/h11-14H,4-10H2,1-3H3,(H,18,22)/t12?,13?,14-/m0/s1. The normalized spacial score (nSPS) is 28.5. The molecule has 0 radical (unpaired) electrons. The van der Waals surface area contributed by atoms with E-state index in [-0.39, 0.29) is 17.9 Å². The van der Waals surface area contributed by atoms with Gasteiger partial charge in [0, 0.05) is 30.8 Å². The summed E-state index contributed by atoms with van der Waals surface area (Å²) < 4.78 is 2.21. The second kappa shape index (κ2) is 6.39. The van der Waals surface area contributed by atoms with Crippen LogP contribution in [-0.2, 0) is 17.8 Å². The summed E-state index contributed by atoms with van der Waals surface area (Å²) in [5.41, 5.74) is 0. The zero-order chi connectivity index (χ0) is 15.7.